The van der Waals surface area contributed by atoms with Gasteiger partial charge in [-0.25, -0.2) is 8.42 Å². The predicted octanol–water partition coefficient (Wildman–Crippen LogP) is 7.32. The lowest BCUT2D eigenvalue weighted by molar-refractivity contribution is -0.140. The maximum atomic E-state index is 14.5. The van der Waals surface area contributed by atoms with E-state index in [0.29, 0.717) is 33.6 Å². The van der Waals surface area contributed by atoms with Crippen LogP contribution < -0.4 is 9.62 Å². The summed E-state index contributed by atoms with van der Waals surface area (Å²) >= 11 is 18.8. The molecule has 0 fully saturated rings. The Morgan fingerprint density at radius 3 is 2.18 bits per heavy atom. The molecule has 1 atom stereocenters. The van der Waals surface area contributed by atoms with Crippen molar-refractivity contribution in [2.75, 3.05) is 17.4 Å². The molecule has 0 spiro atoms. The van der Waals surface area contributed by atoms with Crippen molar-refractivity contribution in [3.05, 3.63) is 129 Å². The first-order valence-electron chi connectivity index (χ1n) is 14.4. The number of benzene rings is 4. The highest BCUT2D eigenvalue weighted by Crippen LogP contribution is 2.28. The summed E-state index contributed by atoms with van der Waals surface area (Å²) in [7, 11) is -4.23. The van der Waals surface area contributed by atoms with Gasteiger partial charge in [-0.2, -0.15) is 0 Å². The molecule has 0 aliphatic carbocycles. The van der Waals surface area contributed by atoms with Crippen LogP contribution >= 0.6 is 34.8 Å². The van der Waals surface area contributed by atoms with Crippen molar-refractivity contribution in [2.24, 2.45) is 0 Å². The fourth-order valence-corrected chi connectivity index (χ4v) is 6.66. The quantitative estimate of drug-likeness (QED) is 0.160. The Morgan fingerprint density at radius 1 is 0.822 bits per heavy atom. The van der Waals surface area contributed by atoms with E-state index in [-0.39, 0.29) is 29.5 Å². The Kier molecular flexibility index (Phi) is 11.9. The minimum atomic E-state index is -4.23. The molecule has 0 unspecified atom stereocenters. The van der Waals surface area contributed by atoms with Gasteiger partial charge in [0.1, 0.15) is 12.6 Å². The number of nitrogens with zero attached hydrogens (tertiary/aromatic N) is 2. The third-order valence-electron chi connectivity index (χ3n) is 7.14. The summed E-state index contributed by atoms with van der Waals surface area (Å²) in [6.07, 6.45) is 0.896. The number of hydrogen-bond donors (Lipinski definition) is 1. The zero-order chi connectivity index (χ0) is 32.6. The van der Waals surface area contributed by atoms with Gasteiger partial charge in [0, 0.05) is 24.5 Å². The maximum Gasteiger partial charge on any atom is 0.264 e. The van der Waals surface area contributed by atoms with Crippen LogP contribution in [0.2, 0.25) is 15.1 Å². The van der Waals surface area contributed by atoms with Crippen molar-refractivity contribution in [1.29, 1.82) is 0 Å². The second-order valence-corrected chi connectivity index (χ2v) is 13.7. The molecule has 0 bridgehead atoms. The Balaban J connectivity index is 1.81. The summed E-state index contributed by atoms with van der Waals surface area (Å²) in [5.41, 5.74) is 2.55. The van der Waals surface area contributed by atoms with E-state index >= 15 is 0 Å². The Morgan fingerprint density at radius 2 is 1.53 bits per heavy atom. The normalized spacial score (nSPS) is 11.9. The van der Waals surface area contributed by atoms with Gasteiger partial charge in [-0.3, -0.25) is 13.9 Å². The van der Waals surface area contributed by atoms with Crippen LogP contribution in [0, 0.1) is 6.92 Å². The average molecular weight is 687 g/mol. The van der Waals surface area contributed by atoms with Crippen LogP contribution in [0.25, 0.3) is 0 Å². The van der Waals surface area contributed by atoms with Gasteiger partial charge in [0.25, 0.3) is 10.0 Å². The smallest absolute Gasteiger partial charge is 0.264 e. The van der Waals surface area contributed by atoms with E-state index in [1.807, 2.05) is 44.2 Å². The number of carbonyl (C=O) groups is 2. The van der Waals surface area contributed by atoms with E-state index in [9.17, 15) is 18.0 Å². The van der Waals surface area contributed by atoms with Gasteiger partial charge in [0.2, 0.25) is 11.8 Å². The molecule has 11 heteroatoms. The second-order valence-electron chi connectivity index (χ2n) is 10.6. The second kappa shape index (κ2) is 15.6. The van der Waals surface area contributed by atoms with Crippen LogP contribution in [0.4, 0.5) is 5.69 Å². The Labute approximate surface area is 279 Å². The Bertz CT molecular complexity index is 1740. The van der Waals surface area contributed by atoms with Gasteiger partial charge < -0.3 is 10.2 Å². The summed E-state index contributed by atoms with van der Waals surface area (Å²) in [5.74, 6) is -0.950. The van der Waals surface area contributed by atoms with Crippen molar-refractivity contribution in [3.63, 3.8) is 0 Å². The molecule has 7 nitrogen and oxygen atoms in total. The number of anilines is 1. The van der Waals surface area contributed by atoms with Gasteiger partial charge in [-0.1, -0.05) is 102 Å². The average Bonchev–Trinajstić information content (AvgIpc) is 3.02. The van der Waals surface area contributed by atoms with E-state index in [4.69, 9.17) is 34.8 Å². The van der Waals surface area contributed by atoms with Gasteiger partial charge in [-0.15, -0.1) is 0 Å². The number of rotatable bonds is 13. The minimum absolute atomic E-state index is 0.0124. The number of nitrogens with one attached hydrogen (secondary N) is 1. The minimum Gasteiger partial charge on any atom is -0.354 e. The highest BCUT2D eigenvalue weighted by molar-refractivity contribution is 7.92. The first kappa shape index (κ1) is 34.3. The van der Waals surface area contributed by atoms with Crippen LogP contribution in [-0.4, -0.2) is 44.3 Å². The predicted molar refractivity (Wildman–Crippen MR) is 181 cm³/mol. The number of halogens is 3. The lowest BCUT2D eigenvalue weighted by Crippen LogP contribution is -2.53. The topological polar surface area (TPSA) is 86.8 Å². The van der Waals surface area contributed by atoms with E-state index in [2.05, 4.69) is 5.32 Å². The van der Waals surface area contributed by atoms with Crippen LogP contribution in [0.5, 0.6) is 0 Å². The molecule has 0 saturated heterocycles. The zero-order valence-corrected chi connectivity index (χ0v) is 28.0. The number of amides is 2. The fourth-order valence-electron chi connectivity index (χ4n) is 4.75. The van der Waals surface area contributed by atoms with Crippen LogP contribution in [0.15, 0.2) is 102 Å². The van der Waals surface area contributed by atoms with Crippen molar-refractivity contribution >= 4 is 62.3 Å². The maximum absolute atomic E-state index is 14.5. The highest BCUT2D eigenvalue weighted by Gasteiger charge is 2.34. The standard InChI is InChI=1S/C34H34Cl3N3O4S/c1-3-18-38-34(42)32(20-25-8-5-4-6-9-25)39(22-26-14-17-30(36)31(37)19-26)33(41)23-40(28-11-7-10-27(35)21-28)45(43,44)29-15-12-24(2)13-16-29/h4-17,19,21,32H,3,18,20,22-23H2,1-2H3,(H,38,42)/t32-/m0/s1. The van der Waals surface area contributed by atoms with E-state index < -0.39 is 28.5 Å². The molecule has 2 amide bonds. The zero-order valence-electron chi connectivity index (χ0n) is 24.9. The molecule has 0 radical (unpaired) electrons. The monoisotopic (exact) mass is 685 g/mol. The molecular formula is C34H34Cl3N3O4S. The molecule has 45 heavy (non-hydrogen) atoms. The number of hydrogen-bond acceptors (Lipinski definition) is 4. The van der Waals surface area contributed by atoms with Gasteiger partial charge in [-0.05, 0) is 66.9 Å². The summed E-state index contributed by atoms with van der Waals surface area (Å²) in [4.78, 5) is 29.6. The molecule has 236 valence electrons. The number of aryl methyl sites for hydroxylation is 1. The van der Waals surface area contributed by atoms with E-state index in [0.717, 1.165) is 15.4 Å². The van der Waals surface area contributed by atoms with Crippen LogP contribution in [0.1, 0.15) is 30.0 Å². The Hall–Kier alpha value is -3.56. The lowest BCUT2D eigenvalue weighted by Gasteiger charge is -2.34. The summed E-state index contributed by atoms with van der Waals surface area (Å²) in [5, 5.41) is 3.86. The molecular weight excluding hydrogens is 653 g/mol. The van der Waals surface area contributed by atoms with Gasteiger partial charge in [0.15, 0.2) is 0 Å². The number of carbonyl (C=O) groups excluding carboxylic acids is 2. The SMILES string of the molecule is CCCNC(=O)[C@H](Cc1ccccc1)N(Cc1ccc(Cl)c(Cl)c1)C(=O)CN(c1cccc(Cl)c1)S(=O)(=O)c1ccc(C)cc1. The van der Waals surface area contributed by atoms with E-state index in [1.54, 1.807) is 48.5 Å². The van der Waals surface area contributed by atoms with Crippen molar-refractivity contribution in [3.8, 4) is 0 Å². The van der Waals surface area contributed by atoms with E-state index in [1.165, 1.54) is 23.1 Å². The molecule has 1 N–H and O–H groups in total. The van der Waals surface area contributed by atoms with Crippen LogP contribution in [0.3, 0.4) is 0 Å². The molecule has 4 rings (SSSR count). The molecule has 4 aromatic rings. The van der Waals surface area contributed by atoms with Crippen LogP contribution in [-0.2, 0) is 32.6 Å². The molecule has 0 saturated carbocycles. The summed E-state index contributed by atoms with van der Waals surface area (Å²) in [6.45, 7) is 3.58. The summed E-state index contributed by atoms with van der Waals surface area (Å²) < 4.78 is 29.2. The fraction of sp³-hybridized carbons (Fsp3) is 0.235. The van der Waals surface area contributed by atoms with Gasteiger partial charge >= 0.3 is 0 Å². The molecule has 0 aromatic heterocycles. The molecule has 4 aromatic carbocycles. The molecule has 0 aliphatic rings. The first-order valence-corrected chi connectivity index (χ1v) is 17.0. The van der Waals surface area contributed by atoms with Crippen molar-refractivity contribution < 1.29 is 18.0 Å². The number of sulfonamides is 1. The largest absolute Gasteiger partial charge is 0.354 e. The summed E-state index contributed by atoms with van der Waals surface area (Å²) in [6, 6.07) is 26.0. The third kappa shape index (κ3) is 9.01. The third-order valence-corrected chi connectivity index (χ3v) is 9.90. The van der Waals surface area contributed by atoms with Crippen molar-refractivity contribution in [2.45, 2.75) is 44.2 Å². The molecule has 0 aliphatic heterocycles. The lowest BCUT2D eigenvalue weighted by atomic mass is 10.0. The first-order chi connectivity index (χ1) is 21.5. The molecule has 0 heterocycles. The van der Waals surface area contributed by atoms with Crippen molar-refractivity contribution in [1.82, 2.24) is 10.2 Å². The van der Waals surface area contributed by atoms with Gasteiger partial charge in [0.05, 0.1) is 20.6 Å². The highest BCUT2D eigenvalue weighted by atomic mass is 35.5.